The number of nitrogens with zero attached hydrogens (tertiary/aromatic N) is 3. The van der Waals surface area contributed by atoms with Crippen LogP contribution >= 0.6 is 23.2 Å². The first-order chi connectivity index (χ1) is 15.2. The lowest BCUT2D eigenvalue weighted by Gasteiger charge is -2.14. The topological polar surface area (TPSA) is 103 Å². The van der Waals surface area contributed by atoms with Crippen molar-refractivity contribution in [1.29, 1.82) is 0 Å². The lowest BCUT2D eigenvalue weighted by molar-refractivity contribution is 0.400. The third-order valence-corrected chi connectivity index (χ3v) is 6.57. The van der Waals surface area contributed by atoms with Gasteiger partial charge in [0.2, 0.25) is 5.88 Å². The quantitative estimate of drug-likeness (QED) is 0.449. The number of benzene rings is 1. The average molecular weight is 495 g/mol. The van der Waals surface area contributed by atoms with Gasteiger partial charge < -0.3 is 4.74 Å². The van der Waals surface area contributed by atoms with Crippen molar-refractivity contribution < 1.29 is 17.5 Å². The van der Waals surface area contributed by atoms with Crippen molar-refractivity contribution in [2.24, 2.45) is 0 Å². The molecule has 0 spiro atoms. The Kier molecular flexibility index (Phi) is 5.76. The summed E-state index contributed by atoms with van der Waals surface area (Å²) < 4.78 is 47.8. The summed E-state index contributed by atoms with van der Waals surface area (Å²) in [6.45, 7) is 0. The molecule has 0 aliphatic carbocycles. The molecule has 0 unspecified atom stereocenters. The summed E-state index contributed by atoms with van der Waals surface area (Å²) in [7, 11) is -2.86. The fourth-order valence-corrected chi connectivity index (χ4v) is 4.68. The Labute approximate surface area is 191 Å². The van der Waals surface area contributed by atoms with Gasteiger partial charge in [0.1, 0.15) is 27.1 Å². The van der Waals surface area contributed by atoms with Gasteiger partial charge in [0.05, 0.1) is 18.3 Å². The second-order valence-electron chi connectivity index (χ2n) is 6.52. The first-order valence-corrected chi connectivity index (χ1v) is 11.1. The molecule has 8 nitrogen and oxygen atoms in total. The van der Waals surface area contributed by atoms with E-state index in [1.165, 1.54) is 36.2 Å². The van der Waals surface area contributed by atoms with Crippen molar-refractivity contribution in [2.45, 2.75) is 4.90 Å². The van der Waals surface area contributed by atoms with Crippen LogP contribution < -0.4 is 15.0 Å². The summed E-state index contributed by atoms with van der Waals surface area (Å²) in [5.74, 6) is -0.672. The van der Waals surface area contributed by atoms with Crippen molar-refractivity contribution in [3.8, 4) is 17.0 Å². The molecule has 4 rings (SSSR count). The normalized spacial score (nSPS) is 11.5. The van der Waals surface area contributed by atoms with Gasteiger partial charge in [0.15, 0.2) is 0 Å². The molecule has 0 bridgehead atoms. The predicted octanol–water partition coefficient (Wildman–Crippen LogP) is 4.01. The van der Waals surface area contributed by atoms with Crippen LogP contribution in [0.25, 0.3) is 16.8 Å². The minimum absolute atomic E-state index is 0.00164. The molecule has 0 aliphatic heterocycles. The maximum absolute atomic E-state index is 13.3. The molecule has 164 valence electrons. The molecule has 3 heterocycles. The average Bonchev–Trinajstić information content (AvgIpc) is 2.75. The van der Waals surface area contributed by atoms with Crippen LogP contribution in [-0.2, 0) is 10.0 Å². The van der Waals surface area contributed by atoms with Gasteiger partial charge in [-0.1, -0.05) is 23.2 Å². The Balaban J connectivity index is 1.79. The highest BCUT2D eigenvalue weighted by Gasteiger charge is 2.21. The SMILES string of the molecule is COc1ncc(-c2ccc3ncc(Cl)c(=O)n3c2)cc1NS(=O)(=O)c1ccc(F)cc1Cl. The molecule has 0 fully saturated rings. The Bertz CT molecular complexity index is 1530. The maximum Gasteiger partial charge on any atom is 0.276 e. The summed E-state index contributed by atoms with van der Waals surface area (Å²) in [5, 5.41) is -0.323. The molecule has 32 heavy (non-hydrogen) atoms. The van der Waals surface area contributed by atoms with Gasteiger partial charge in [-0.3, -0.25) is 13.9 Å². The number of anilines is 1. The van der Waals surface area contributed by atoms with Crippen LogP contribution in [0.4, 0.5) is 10.1 Å². The number of methoxy groups -OCH3 is 1. The molecule has 0 atom stereocenters. The molecular weight excluding hydrogens is 482 g/mol. The highest BCUT2D eigenvalue weighted by atomic mass is 35.5. The third-order valence-electron chi connectivity index (χ3n) is 4.47. The van der Waals surface area contributed by atoms with E-state index in [9.17, 15) is 17.6 Å². The van der Waals surface area contributed by atoms with E-state index in [4.69, 9.17) is 27.9 Å². The van der Waals surface area contributed by atoms with Crippen LogP contribution in [0, 0.1) is 5.82 Å². The zero-order valence-corrected chi connectivity index (χ0v) is 18.5. The fourth-order valence-electron chi connectivity index (χ4n) is 2.96. The molecule has 1 N–H and O–H groups in total. The Morgan fingerprint density at radius 1 is 1.03 bits per heavy atom. The molecule has 0 saturated carbocycles. The van der Waals surface area contributed by atoms with E-state index in [0.29, 0.717) is 16.8 Å². The van der Waals surface area contributed by atoms with Crippen LogP contribution in [0.15, 0.2) is 64.7 Å². The van der Waals surface area contributed by atoms with E-state index in [-0.39, 0.29) is 26.5 Å². The number of rotatable bonds is 5. The maximum atomic E-state index is 13.3. The Morgan fingerprint density at radius 3 is 2.53 bits per heavy atom. The van der Waals surface area contributed by atoms with Gasteiger partial charge in [-0.15, -0.1) is 0 Å². The summed E-state index contributed by atoms with van der Waals surface area (Å²) in [5.41, 5.74) is 0.965. The first-order valence-electron chi connectivity index (χ1n) is 8.89. The molecule has 0 saturated heterocycles. The van der Waals surface area contributed by atoms with Crippen LogP contribution in [-0.4, -0.2) is 29.9 Å². The van der Waals surface area contributed by atoms with Gasteiger partial charge in [-0.25, -0.2) is 22.8 Å². The number of hydrogen-bond donors (Lipinski definition) is 1. The Hall–Kier alpha value is -3.21. The molecule has 1 aromatic carbocycles. The monoisotopic (exact) mass is 494 g/mol. The van der Waals surface area contributed by atoms with E-state index in [0.717, 1.165) is 18.2 Å². The second-order valence-corrected chi connectivity index (χ2v) is 8.98. The van der Waals surface area contributed by atoms with Crippen molar-refractivity contribution >= 4 is 44.6 Å². The molecule has 0 aliphatic rings. The van der Waals surface area contributed by atoms with E-state index in [1.54, 1.807) is 12.1 Å². The van der Waals surface area contributed by atoms with Gasteiger partial charge in [-0.05, 0) is 36.4 Å². The minimum Gasteiger partial charge on any atom is -0.480 e. The number of sulfonamides is 1. The summed E-state index contributed by atoms with van der Waals surface area (Å²) in [6, 6.07) is 7.71. The number of nitrogens with one attached hydrogen (secondary N) is 1. The third kappa shape index (κ3) is 4.12. The lowest BCUT2D eigenvalue weighted by atomic mass is 10.1. The van der Waals surface area contributed by atoms with Crippen LogP contribution in [0.5, 0.6) is 5.88 Å². The Morgan fingerprint density at radius 2 is 1.81 bits per heavy atom. The van der Waals surface area contributed by atoms with Gasteiger partial charge in [0.25, 0.3) is 15.6 Å². The molecule has 4 aromatic rings. The zero-order valence-electron chi connectivity index (χ0n) is 16.2. The number of pyridine rings is 2. The molecule has 12 heteroatoms. The van der Waals surface area contributed by atoms with Gasteiger partial charge in [0, 0.05) is 23.5 Å². The number of aromatic nitrogens is 3. The summed E-state index contributed by atoms with van der Waals surface area (Å²) in [4.78, 5) is 20.2. The van der Waals surface area contributed by atoms with E-state index in [2.05, 4.69) is 14.7 Å². The highest BCUT2D eigenvalue weighted by Crippen LogP contribution is 2.31. The highest BCUT2D eigenvalue weighted by molar-refractivity contribution is 7.92. The van der Waals surface area contributed by atoms with Crippen molar-refractivity contribution in [2.75, 3.05) is 11.8 Å². The lowest BCUT2D eigenvalue weighted by Crippen LogP contribution is -2.15. The van der Waals surface area contributed by atoms with Crippen LogP contribution in [0.2, 0.25) is 10.0 Å². The van der Waals surface area contributed by atoms with E-state index in [1.807, 2.05) is 0 Å². The fraction of sp³-hybridized carbons (Fsp3) is 0.0500. The number of ether oxygens (including phenoxy) is 1. The van der Waals surface area contributed by atoms with Crippen molar-refractivity contribution in [3.63, 3.8) is 0 Å². The molecular formula is C20H13Cl2FN4O4S. The van der Waals surface area contributed by atoms with E-state index >= 15 is 0 Å². The van der Waals surface area contributed by atoms with Gasteiger partial charge in [-0.2, -0.15) is 0 Å². The number of hydrogen-bond acceptors (Lipinski definition) is 6. The summed E-state index contributed by atoms with van der Waals surface area (Å²) >= 11 is 11.8. The molecule has 0 amide bonds. The first kappa shape index (κ1) is 22.0. The minimum atomic E-state index is -4.19. The van der Waals surface area contributed by atoms with Crippen molar-refractivity contribution in [3.05, 3.63) is 81.2 Å². The zero-order chi connectivity index (χ0) is 23.0. The smallest absolute Gasteiger partial charge is 0.276 e. The second kappa shape index (κ2) is 8.38. The standard InChI is InChI=1S/C20H13Cl2FN4O4S/c1-31-19-16(26-32(29,30)17-4-3-13(23)7-14(17)21)6-12(8-25-19)11-2-5-18-24-9-15(22)20(28)27(18)10-11/h2-10,26H,1H3. The number of halogens is 3. The number of fused-ring (bicyclic) bond motifs is 1. The molecule has 0 radical (unpaired) electrons. The largest absolute Gasteiger partial charge is 0.480 e. The van der Waals surface area contributed by atoms with Crippen molar-refractivity contribution in [1.82, 2.24) is 14.4 Å². The predicted molar refractivity (Wildman–Crippen MR) is 118 cm³/mol. The van der Waals surface area contributed by atoms with Gasteiger partial charge >= 0.3 is 0 Å². The van der Waals surface area contributed by atoms with Crippen LogP contribution in [0.3, 0.4) is 0 Å². The van der Waals surface area contributed by atoms with E-state index < -0.39 is 21.4 Å². The summed E-state index contributed by atoms with van der Waals surface area (Å²) in [6.07, 6.45) is 4.22. The molecule has 3 aromatic heterocycles. The van der Waals surface area contributed by atoms with Crippen LogP contribution in [0.1, 0.15) is 0 Å².